The van der Waals surface area contributed by atoms with Gasteiger partial charge in [-0.25, -0.2) is 0 Å². The normalized spacial score (nSPS) is 21.1. The van der Waals surface area contributed by atoms with E-state index in [0.29, 0.717) is 12.5 Å². The molecule has 0 bridgehead atoms. The van der Waals surface area contributed by atoms with E-state index in [1.807, 2.05) is 18.5 Å². The Morgan fingerprint density at radius 2 is 2.14 bits per heavy atom. The first-order valence-electron chi connectivity index (χ1n) is 7.63. The van der Waals surface area contributed by atoms with Crippen LogP contribution in [-0.2, 0) is 6.54 Å². The number of hydrogen-bond donors (Lipinski definition) is 2. The summed E-state index contributed by atoms with van der Waals surface area (Å²) in [7, 11) is 0. The summed E-state index contributed by atoms with van der Waals surface area (Å²) in [6.45, 7) is 7.50. The minimum Gasteiger partial charge on any atom is -0.349 e. The molecule has 0 spiro atoms. The number of nitrogens with one attached hydrogen (secondary N) is 1. The lowest BCUT2D eigenvalue weighted by atomic mass is 10.0. The molecule has 2 rings (SSSR count). The molecular weight excluding hydrogens is 288 g/mol. The number of hydrogen-bond acceptors (Lipinski definition) is 3. The fourth-order valence-corrected chi connectivity index (χ4v) is 3.20. The molecule has 1 saturated carbocycles. The molecule has 1 aliphatic rings. The van der Waals surface area contributed by atoms with Gasteiger partial charge < -0.3 is 11.1 Å². The number of amides is 1. The van der Waals surface area contributed by atoms with E-state index >= 15 is 0 Å². The maximum absolute atomic E-state index is 12.5. The highest BCUT2D eigenvalue weighted by Gasteiger charge is 2.29. The fourth-order valence-electron chi connectivity index (χ4n) is 3.20. The summed E-state index contributed by atoms with van der Waals surface area (Å²) in [6.07, 6.45) is 4.32. The molecule has 1 aliphatic carbocycles. The maximum atomic E-state index is 12.5. The van der Waals surface area contributed by atoms with Crippen LogP contribution in [0.2, 0.25) is 0 Å². The molecule has 1 fully saturated rings. The third kappa shape index (κ3) is 3.77. The molecule has 120 valence electrons. The van der Waals surface area contributed by atoms with Crippen molar-refractivity contribution in [2.75, 3.05) is 6.54 Å². The highest BCUT2D eigenvalue weighted by atomic mass is 35.5. The molecule has 0 aromatic carbocycles. The molecule has 0 saturated heterocycles. The molecule has 0 aliphatic heterocycles. The zero-order valence-corrected chi connectivity index (χ0v) is 14.0. The standard InChI is InChI=1S/C15H26N4O.ClH/c1-4-8-19-11(3)14(10(2)18-19)15(20)17-13-7-5-6-12(13)9-16;/h12-13H,4-9,16H2,1-3H3,(H,17,20);1H. The molecule has 5 nitrogen and oxygen atoms in total. The van der Waals surface area contributed by atoms with Crippen molar-refractivity contribution in [1.29, 1.82) is 0 Å². The fraction of sp³-hybridized carbons (Fsp3) is 0.733. The number of carbonyl (C=O) groups is 1. The second-order valence-electron chi connectivity index (χ2n) is 5.78. The smallest absolute Gasteiger partial charge is 0.255 e. The van der Waals surface area contributed by atoms with Crippen molar-refractivity contribution in [2.45, 2.75) is 59.0 Å². The number of aryl methyl sites for hydroxylation is 2. The van der Waals surface area contributed by atoms with Gasteiger partial charge in [0, 0.05) is 18.3 Å². The predicted molar refractivity (Wildman–Crippen MR) is 86.9 cm³/mol. The predicted octanol–water partition coefficient (Wildman–Crippen LogP) is 2.19. The molecule has 1 aromatic heterocycles. The third-order valence-corrected chi connectivity index (χ3v) is 4.32. The van der Waals surface area contributed by atoms with Gasteiger partial charge in [-0.3, -0.25) is 9.48 Å². The molecule has 1 heterocycles. The van der Waals surface area contributed by atoms with E-state index in [1.165, 1.54) is 0 Å². The van der Waals surface area contributed by atoms with Gasteiger partial charge in [-0.2, -0.15) is 5.10 Å². The van der Waals surface area contributed by atoms with Crippen LogP contribution in [0.5, 0.6) is 0 Å². The Morgan fingerprint density at radius 1 is 1.43 bits per heavy atom. The Labute approximate surface area is 133 Å². The summed E-state index contributed by atoms with van der Waals surface area (Å²) < 4.78 is 1.93. The number of nitrogens with two attached hydrogens (primary N) is 1. The van der Waals surface area contributed by atoms with E-state index in [9.17, 15) is 4.79 Å². The van der Waals surface area contributed by atoms with Crippen LogP contribution in [0.15, 0.2) is 0 Å². The monoisotopic (exact) mass is 314 g/mol. The number of carbonyl (C=O) groups excluding carboxylic acids is 1. The number of nitrogens with zero attached hydrogens (tertiary/aromatic N) is 2. The van der Waals surface area contributed by atoms with Crippen molar-refractivity contribution in [3.8, 4) is 0 Å². The van der Waals surface area contributed by atoms with Gasteiger partial charge in [0.15, 0.2) is 0 Å². The van der Waals surface area contributed by atoms with Crippen LogP contribution >= 0.6 is 12.4 Å². The highest BCUT2D eigenvalue weighted by Crippen LogP contribution is 2.25. The molecule has 6 heteroatoms. The minimum atomic E-state index is 0. The van der Waals surface area contributed by atoms with Gasteiger partial charge in [0.2, 0.25) is 0 Å². The van der Waals surface area contributed by atoms with Crippen molar-refractivity contribution in [3.05, 3.63) is 17.0 Å². The van der Waals surface area contributed by atoms with Gasteiger partial charge in [-0.15, -0.1) is 12.4 Å². The van der Waals surface area contributed by atoms with Gasteiger partial charge >= 0.3 is 0 Å². The zero-order valence-electron chi connectivity index (χ0n) is 13.2. The van der Waals surface area contributed by atoms with Gasteiger partial charge in [0.25, 0.3) is 5.91 Å². The Balaban J connectivity index is 0.00000220. The van der Waals surface area contributed by atoms with Crippen LogP contribution in [0.1, 0.15) is 54.4 Å². The van der Waals surface area contributed by atoms with E-state index in [4.69, 9.17) is 5.73 Å². The van der Waals surface area contributed by atoms with Crippen LogP contribution < -0.4 is 11.1 Å². The highest BCUT2D eigenvalue weighted by molar-refractivity contribution is 5.96. The van der Waals surface area contributed by atoms with E-state index in [-0.39, 0.29) is 24.4 Å². The third-order valence-electron chi connectivity index (χ3n) is 4.32. The van der Waals surface area contributed by atoms with Gasteiger partial charge in [0.05, 0.1) is 11.3 Å². The number of rotatable bonds is 5. The average molecular weight is 315 g/mol. The summed E-state index contributed by atoms with van der Waals surface area (Å²) in [5.41, 5.74) is 8.29. The molecular formula is C15H27ClN4O. The first kappa shape index (κ1) is 18.0. The van der Waals surface area contributed by atoms with E-state index < -0.39 is 0 Å². The largest absolute Gasteiger partial charge is 0.349 e. The van der Waals surface area contributed by atoms with E-state index in [1.54, 1.807) is 0 Å². The molecule has 1 amide bonds. The summed E-state index contributed by atoms with van der Waals surface area (Å²) in [5, 5.41) is 7.63. The number of halogens is 1. The van der Waals surface area contributed by atoms with Crippen LogP contribution in [-0.4, -0.2) is 28.3 Å². The second kappa shape index (κ2) is 7.80. The summed E-state index contributed by atoms with van der Waals surface area (Å²) in [4.78, 5) is 12.5. The van der Waals surface area contributed by atoms with Crippen molar-refractivity contribution >= 4 is 18.3 Å². The average Bonchev–Trinajstić information content (AvgIpc) is 2.95. The zero-order chi connectivity index (χ0) is 14.7. The van der Waals surface area contributed by atoms with Crippen LogP contribution in [0.4, 0.5) is 0 Å². The van der Waals surface area contributed by atoms with Gasteiger partial charge in [-0.1, -0.05) is 13.3 Å². The van der Waals surface area contributed by atoms with E-state index in [2.05, 4.69) is 17.3 Å². The molecule has 2 atom stereocenters. The molecule has 21 heavy (non-hydrogen) atoms. The quantitative estimate of drug-likeness (QED) is 0.875. The topological polar surface area (TPSA) is 72.9 Å². The van der Waals surface area contributed by atoms with E-state index in [0.717, 1.165) is 49.2 Å². The molecule has 2 unspecified atom stereocenters. The van der Waals surface area contributed by atoms with Crippen LogP contribution in [0.3, 0.4) is 0 Å². The van der Waals surface area contributed by atoms with Crippen molar-refractivity contribution in [3.63, 3.8) is 0 Å². The van der Waals surface area contributed by atoms with Crippen LogP contribution in [0, 0.1) is 19.8 Å². The summed E-state index contributed by atoms with van der Waals surface area (Å²) >= 11 is 0. The lowest BCUT2D eigenvalue weighted by molar-refractivity contribution is 0.0927. The lowest BCUT2D eigenvalue weighted by Crippen LogP contribution is -2.40. The van der Waals surface area contributed by atoms with Crippen LogP contribution in [0.25, 0.3) is 0 Å². The van der Waals surface area contributed by atoms with Crippen molar-refractivity contribution < 1.29 is 4.79 Å². The Hall–Kier alpha value is -1.07. The van der Waals surface area contributed by atoms with Crippen molar-refractivity contribution in [2.24, 2.45) is 11.7 Å². The number of aromatic nitrogens is 2. The SMILES string of the molecule is CCCn1nc(C)c(C(=O)NC2CCCC2CN)c1C.Cl. The minimum absolute atomic E-state index is 0. The lowest BCUT2D eigenvalue weighted by Gasteiger charge is -2.19. The Morgan fingerprint density at radius 3 is 2.76 bits per heavy atom. The Kier molecular flexibility index (Phi) is 6.68. The van der Waals surface area contributed by atoms with Crippen molar-refractivity contribution in [1.82, 2.24) is 15.1 Å². The maximum Gasteiger partial charge on any atom is 0.255 e. The van der Waals surface area contributed by atoms with Gasteiger partial charge in [-0.05, 0) is 45.6 Å². The molecule has 3 N–H and O–H groups in total. The molecule has 0 radical (unpaired) electrons. The summed E-state index contributed by atoms with van der Waals surface area (Å²) in [6, 6.07) is 0.223. The van der Waals surface area contributed by atoms with Gasteiger partial charge in [0.1, 0.15) is 0 Å². The summed E-state index contributed by atoms with van der Waals surface area (Å²) in [5.74, 6) is 0.429. The Bertz CT molecular complexity index is 486. The second-order valence-corrected chi connectivity index (χ2v) is 5.78. The molecule has 1 aromatic rings. The first-order chi connectivity index (χ1) is 9.58. The first-order valence-corrected chi connectivity index (χ1v) is 7.63.